The minimum atomic E-state index is -0.417. The van der Waals surface area contributed by atoms with Crippen LogP contribution >= 0.6 is 0 Å². The van der Waals surface area contributed by atoms with Crippen LogP contribution in [0.1, 0.15) is 6.92 Å². The Morgan fingerprint density at radius 2 is 1.47 bits per heavy atom. The van der Waals surface area contributed by atoms with Gasteiger partial charge >= 0.3 is 5.97 Å². The highest BCUT2D eigenvalue weighted by Gasteiger charge is 2.27. The Bertz CT molecular complexity index is 438. The second kappa shape index (κ2) is 6.23. The fraction of sp³-hybridized carbons (Fsp3) is 0.312. The van der Waals surface area contributed by atoms with E-state index in [2.05, 4.69) is 24.3 Å². The molecule has 0 unspecified atom stereocenters. The summed E-state index contributed by atoms with van der Waals surface area (Å²) in [6.45, 7) is 2.30. The maximum absolute atomic E-state index is 12.0. The van der Waals surface area contributed by atoms with E-state index >= 15 is 0 Å². The lowest BCUT2D eigenvalue weighted by atomic mass is 9.88. The van der Waals surface area contributed by atoms with Crippen molar-refractivity contribution in [1.82, 2.24) is 0 Å². The summed E-state index contributed by atoms with van der Waals surface area (Å²) in [7, 11) is 1.37. The van der Waals surface area contributed by atoms with Gasteiger partial charge in [-0.15, -0.1) is 0 Å². The molecule has 3 nitrogen and oxygen atoms in total. The third-order valence-corrected chi connectivity index (χ3v) is 3.14. The quantitative estimate of drug-likeness (QED) is 0.432. The summed E-state index contributed by atoms with van der Waals surface area (Å²) >= 11 is 0. The molecule has 2 rings (SSSR count). The van der Waals surface area contributed by atoms with Crippen molar-refractivity contribution < 1.29 is 14.3 Å². The number of esters is 1. The minimum absolute atomic E-state index is 0.0815. The van der Waals surface area contributed by atoms with E-state index in [9.17, 15) is 4.79 Å². The van der Waals surface area contributed by atoms with Gasteiger partial charge in [0.1, 0.15) is 0 Å². The molecule has 0 saturated carbocycles. The lowest BCUT2D eigenvalue weighted by Crippen LogP contribution is -2.18. The van der Waals surface area contributed by atoms with E-state index in [-0.39, 0.29) is 11.8 Å². The molecule has 0 heterocycles. The van der Waals surface area contributed by atoms with E-state index in [0.29, 0.717) is 12.4 Å². The van der Waals surface area contributed by atoms with Gasteiger partial charge in [-0.1, -0.05) is 48.6 Å². The summed E-state index contributed by atoms with van der Waals surface area (Å²) in [5.74, 6) is 0.0720. The van der Waals surface area contributed by atoms with Crippen LogP contribution in [0.2, 0.25) is 0 Å². The van der Waals surface area contributed by atoms with Gasteiger partial charge in [0, 0.05) is 17.4 Å². The van der Waals surface area contributed by atoms with Crippen LogP contribution in [0.5, 0.6) is 0 Å². The smallest absolute Gasteiger partial charge is 0.373 e. The van der Waals surface area contributed by atoms with Crippen LogP contribution in [0, 0.1) is 11.8 Å². The monoisotopic (exact) mass is 258 g/mol. The maximum atomic E-state index is 12.0. The molecule has 0 fully saturated rings. The van der Waals surface area contributed by atoms with Crippen LogP contribution in [-0.2, 0) is 14.3 Å². The molecule has 0 aliphatic heterocycles. The van der Waals surface area contributed by atoms with E-state index in [4.69, 9.17) is 9.47 Å². The van der Waals surface area contributed by atoms with E-state index in [1.807, 2.05) is 31.2 Å². The number of hydrogen-bond donors (Lipinski definition) is 0. The summed E-state index contributed by atoms with van der Waals surface area (Å²) in [6, 6.07) is 0. The van der Waals surface area contributed by atoms with Gasteiger partial charge < -0.3 is 9.47 Å². The topological polar surface area (TPSA) is 35.5 Å². The van der Waals surface area contributed by atoms with Crippen LogP contribution < -0.4 is 0 Å². The third-order valence-electron chi connectivity index (χ3n) is 3.14. The summed E-state index contributed by atoms with van der Waals surface area (Å²) in [4.78, 5) is 12.0. The predicted octanol–water partition coefficient (Wildman–Crippen LogP) is 2.93. The van der Waals surface area contributed by atoms with Crippen LogP contribution in [0.15, 0.2) is 59.9 Å². The molecule has 0 saturated heterocycles. The van der Waals surface area contributed by atoms with Gasteiger partial charge in [-0.05, 0) is 6.92 Å². The first-order chi connectivity index (χ1) is 9.27. The first kappa shape index (κ1) is 13.4. The average molecular weight is 258 g/mol. The zero-order chi connectivity index (χ0) is 13.7. The first-order valence-corrected chi connectivity index (χ1v) is 6.43. The zero-order valence-corrected chi connectivity index (χ0v) is 11.2. The Labute approximate surface area is 113 Å². The lowest BCUT2D eigenvalue weighted by molar-refractivity contribution is -0.140. The molecular weight excluding hydrogens is 240 g/mol. The molecule has 0 amide bonds. The molecule has 19 heavy (non-hydrogen) atoms. The molecule has 3 heteroatoms. The van der Waals surface area contributed by atoms with Crippen molar-refractivity contribution in [2.45, 2.75) is 6.92 Å². The van der Waals surface area contributed by atoms with Crippen LogP contribution in [0.4, 0.5) is 0 Å². The molecular formula is C16H18O3. The number of ether oxygens (including phenoxy) is 2. The Kier molecular flexibility index (Phi) is 4.39. The van der Waals surface area contributed by atoms with Crippen molar-refractivity contribution >= 4 is 5.97 Å². The predicted molar refractivity (Wildman–Crippen MR) is 74.2 cm³/mol. The van der Waals surface area contributed by atoms with Gasteiger partial charge in [0.2, 0.25) is 5.76 Å². The van der Waals surface area contributed by atoms with Crippen molar-refractivity contribution in [2.24, 2.45) is 11.8 Å². The molecule has 0 spiro atoms. The molecule has 0 bridgehead atoms. The van der Waals surface area contributed by atoms with Gasteiger partial charge in [-0.3, -0.25) is 0 Å². The molecule has 0 N–H and O–H groups in total. The Balaban J connectivity index is 2.45. The first-order valence-electron chi connectivity index (χ1n) is 6.43. The van der Waals surface area contributed by atoms with E-state index < -0.39 is 5.97 Å². The van der Waals surface area contributed by atoms with Crippen LogP contribution in [-0.4, -0.2) is 19.7 Å². The second-order valence-electron chi connectivity index (χ2n) is 4.30. The maximum Gasteiger partial charge on any atom is 0.373 e. The average Bonchev–Trinajstić information content (AvgIpc) is 3.10. The summed E-state index contributed by atoms with van der Waals surface area (Å²) < 4.78 is 10.4. The van der Waals surface area contributed by atoms with E-state index in [1.54, 1.807) is 0 Å². The highest BCUT2D eigenvalue weighted by Crippen LogP contribution is 2.33. The number of carbonyl (C=O) groups excluding carboxylic acids is 1. The van der Waals surface area contributed by atoms with Gasteiger partial charge in [0.25, 0.3) is 0 Å². The van der Waals surface area contributed by atoms with Gasteiger partial charge in [0.05, 0.1) is 13.7 Å². The fourth-order valence-corrected chi connectivity index (χ4v) is 2.30. The van der Waals surface area contributed by atoms with Crippen molar-refractivity contribution in [3.8, 4) is 0 Å². The number of carbonyl (C=O) groups is 1. The van der Waals surface area contributed by atoms with Gasteiger partial charge in [-0.2, -0.15) is 0 Å². The summed E-state index contributed by atoms with van der Waals surface area (Å²) in [6.07, 6.45) is 16.1. The highest BCUT2D eigenvalue weighted by molar-refractivity contribution is 5.87. The molecule has 0 atom stereocenters. The molecule has 2 aliphatic rings. The minimum Gasteiger partial charge on any atom is -0.487 e. The third kappa shape index (κ3) is 2.87. The number of rotatable bonds is 5. The standard InChI is InChI=1S/C16H18O3/c1-3-19-15(16(17)18-2)14(12-8-4-5-9-12)13-10-6-7-11-13/h4-13H,3H2,1-2H3. The van der Waals surface area contributed by atoms with E-state index in [0.717, 1.165) is 5.57 Å². The fourth-order valence-electron chi connectivity index (χ4n) is 2.30. The molecule has 0 aromatic carbocycles. The highest BCUT2D eigenvalue weighted by atomic mass is 16.6. The number of methoxy groups -OCH3 is 1. The van der Waals surface area contributed by atoms with Crippen molar-refractivity contribution in [3.05, 3.63) is 59.9 Å². The molecule has 0 radical (unpaired) electrons. The largest absolute Gasteiger partial charge is 0.487 e. The van der Waals surface area contributed by atoms with Crippen LogP contribution in [0.3, 0.4) is 0 Å². The molecule has 2 aliphatic carbocycles. The SMILES string of the molecule is CCOC(C(=O)OC)=C(C1C=CC=C1)C1C=CC=C1. The normalized spacial score (nSPS) is 17.2. The Morgan fingerprint density at radius 1 is 1.00 bits per heavy atom. The van der Waals surface area contributed by atoms with Crippen LogP contribution in [0.25, 0.3) is 0 Å². The molecule has 0 aromatic heterocycles. The second-order valence-corrected chi connectivity index (χ2v) is 4.30. The summed E-state index contributed by atoms with van der Waals surface area (Å²) in [5, 5.41) is 0. The molecule has 0 aromatic rings. The Morgan fingerprint density at radius 3 is 1.84 bits per heavy atom. The van der Waals surface area contributed by atoms with E-state index in [1.165, 1.54) is 7.11 Å². The zero-order valence-electron chi connectivity index (χ0n) is 11.2. The van der Waals surface area contributed by atoms with Crippen molar-refractivity contribution in [3.63, 3.8) is 0 Å². The van der Waals surface area contributed by atoms with Crippen molar-refractivity contribution in [2.75, 3.05) is 13.7 Å². The van der Waals surface area contributed by atoms with Crippen molar-refractivity contribution in [1.29, 1.82) is 0 Å². The molecule has 100 valence electrons. The summed E-state index contributed by atoms with van der Waals surface area (Å²) in [5.41, 5.74) is 0.934. The Hall–Kier alpha value is -2.03. The lowest BCUT2D eigenvalue weighted by Gasteiger charge is -2.20. The van der Waals surface area contributed by atoms with Gasteiger partial charge in [-0.25, -0.2) is 4.79 Å². The number of hydrogen-bond acceptors (Lipinski definition) is 3. The number of allylic oxidation sites excluding steroid dienone is 9. The van der Waals surface area contributed by atoms with Gasteiger partial charge in [0.15, 0.2) is 0 Å².